The number of sulfonamides is 1. The van der Waals surface area contributed by atoms with Gasteiger partial charge in [-0.15, -0.1) is 0 Å². The number of nitrogens with two attached hydrogens (primary N) is 1. The maximum Gasteiger partial charge on any atom is 0.315 e. The molecule has 3 rings (SSSR count). The van der Waals surface area contributed by atoms with Gasteiger partial charge in [0, 0.05) is 13.0 Å². The topological polar surface area (TPSA) is 101 Å². The summed E-state index contributed by atoms with van der Waals surface area (Å²) in [4.78, 5) is 12.1. The van der Waals surface area contributed by atoms with Gasteiger partial charge in [-0.25, -0.2) is 22.7 Å². The van der Waals surface area contributed by atoms with Crippen molar-refractivity contribution in [2.75, 3.05) is 0 Å². The van der Waals surface area contributed by atoms with Gasteiger partial charge in [-0.1, -0.05) is 36.4 Å². The number of halogens is 1. The van der Waals surface area contributed by atoms with E-state index >= 15 is 0 Å². The monoisotopic (exact) mass is 363 g/mol. The summed E-state index contributed by atoms with van der Waals surface area (Å²) in [7, 11) is -3.74. The number of fused-ring (bicyclic) bond motifs is 1. The third kappa shape index (κ3) is 3.97. The third-order valence-electron chi connectivity index (χ3n) is 4.16. The Balaban J connectivity index is 1.59. The molecule has 0 saturated carbocycles. The van der Waals surface area contributed by atoms with Gasteiger partial charge in [0.2, 0.25) is 10.0 Å². The summed E-state index contributed by atoms with van der Waals surface area (Å²) in [6, 6.07) is 12.0. The number of alkyl halides is 1. The van der Waals surface area contributed by atoms with Gasteiger partial charge >= 0.3 is 6.03 Å². The van der Waals surface area contributed by atoms with Gasteiger partial charge < -0.3 is 10.6 Å². The van der Waals surface area contributed by atoms with Crippen molar-refractivity contribution in [3.05, 3.63) is 65.2 Å². The van der Waals surface area contributed by atoms with Crippen molar-refractivity contribution < 1.29 is 17.6 Å². The predicted molar refractivity (Wildman–Crippen MR) is 91.0 cm³/mol. The lowest BCUT2D eigenvalue weighted by molar-refractivity contribution is 0.221. The predicted octanol–water partition coefficient (Wildman–Crippen LogP) is 1.77. The molecular formula is C17H18FN3O3S. The van der Waals surface area contributed by atoms with Gasteiger partial charge in [0.25, 0.3) is 0 Å². The molecule has 1 aliphatic carbocycles. The molecule has 6 nitrogen and oxygen atoms in total. The molecular weight excluding hydrogens is 345 g/mol. The molecule has 2 atom stereocenters. The van der Waals surface area contributed by atoms with E-state index in [0.717, 1.165) is 11.1 Å². The minimum Gasteiger partial charge on any atom is -0.334 e. The Morgan fingerprint density at radius 2 is 1.84 bits per heavy atom. The Morgan fingerprint density at radius 3 is 2.52 bits per heavy atom. The maximum atomic E-state index is 14.1. The van der Waals surface area contributed by atoms with Crippen LogP contribution < -0.4 is 15.8 Å². The van der Waals surface area contributed by atoms with Gasteiger partial charge in [-0.2, -0.15) is 0 Å². The zero-order valence-electron chi connectivity index (χ0n) is 13.3. The van der Waals surface area contributed by atoms with E-state index in [0.29, 0.717) is 5.56 Å². The minimum absolute atomic E-state index is 0.00327. The second-order valence-electron chi connectivity index (χ2n) is 5.91. The number of primary sulfonamides is 1. The first-order chi connectivity index (χ1) is 11.8. The fraction of sp³-hybridized carbons (Fsp3) is 0.235. The fourth-order valence-corrected chi connectivity index (χ4v) is 3.40. The first-order valence-corrected chi connectivity index (χ1v) is 9.27. The SMILES string of the molecule is NS(=O)(=O)c1ccc(CNC(=O)N[C@H]2c3ccccc3C[C@H]2F)cc1. The number of nitrogens with one attached hydrogen (secondary N) is 2. The van der Waals surface area contributed by atoms with Crippen LogP contribution >= 0.6 is 0 Å². The average molecular weight is 363 g/mol. The lowest BCUT2D eigenvalue weighted by atomic mass is 10.1. The quantitative estimate of drug-likeness (QED) is 0.771. The number of carbonyl (C=O) groups is 1. The van der Waals surface area contributed by atoms with Crippen LogP contribution in [0.5, 0.6) is 0 Å². The molecule has 0 heterocycles. The van der Waals surface area contributed by atoms with Gasteiger partial charge in [-0.3, -0.25) is 0 Å². The van der Waals surface area contributed by atoms with Crippen molar-refractivity contribution in [2.45, 2.75) is 30.1 Å². The molecule has 0 bridgehead atoms. The van der Waals surface area contributed by atoms with Crippen molar-refractivity contribution >= 4 is 16.1 Å². The van der Waals surface area contributed by atoms with E-state index in [1.807, 2.05) is 24.3 Å². The number of rotatable bonds is 4. The van der Waals surface area contributed by atoms with Gasteiger partial charge in [-0.05, 0) is 28.8 Å². The summed E-state index contributed by atoms with van der Waals surface area (Å²) in [5, 5.41) is 10.3. The number of hydrogen-bond donors (Lipinski definition) is 3. The number of amides is 2. The maximum absolute atomic E-state index is 14.1. The Labute approximate surface area is 145 Å². The lowest BCUT2D eigenvalue weighted by Crippen LogP contribution is -2.39. The van der Waals surface area contributed by atoms with Crippen molar-refractivity contribution in [1.82, 2.24) is 10.6 Å². The third-order valence-corrected chi connectivity index (χ3v) is 5.09. The summed E-state index contributed by atoms with van der Waals surface area (Å²) < 4.78 is 36.5. The largest absolute Gasteiger partial charge is 0.334 e. The number of urea groups is 1. The Morgan fingerprint density at radius 1 is 1.16 bits per heavy atom. The standard InChI is InChI=1S/C17H18FN3O3S/c18-15-9-12-3-1-2-4-14(12)16(15)21-17(22)20-10-11-5-7-13(8-6-11)25(19,23)24/h1-8,15-16H,9-10H2,(H2,19,23,24)(H2,20,21,22)/t15-,16+/m1/s1. The molecule has 0 saturated heterocycles. The smallest absolute Gasteiger partial charge is 0.315 e. The first-order valence-electron chi connectivity index (χ1n) is 7.72. The van der Waals surface area contributed by atoms with E-state index in [1.165, 1.54) is 12.1 Å². The summed E-state index contributed by atoms with van der Waals surface area (Å²) in [6.07, 6.45) is -0.868. The molecule has 132 valence electrons. The molecule has 0 radical (unpaired) electrons. The highest BCUT2D eigenvalue weighted by Gasteiger charge is 2.33. The van der Waals surface area contributed by atoms with Gasteiger partial charge in [0.1, 0.15) is 6.17 Å². The average Bonchev–Trinajstić information content (AvgIpc) is 2.88. The van der Waals surface area contributed by atoms with Crippen LogP contribution in [0.2, 0.25) is 0 Å². The van der Waals surface area contributed by atoms with Crippen LogP contribution in [0.3, 0.4) is 0 Å². The zero-order valence-corrected chi connectivity index (χ0v) is 14.1. The number of benzene rings is 2. The molecule has 0 fully saturated rings. The Hall–Kier alpha value is -2.45. The highest BCUT2D eigenvalue weighted by atomic mass is 32.2. The molecule has 4 N–H and O–H groups in total. The number of carbonyl (C=O) groups excluding carboxylic acids is 1. The van der Waals surface area contributed by atoms with Gasteiger partial charge in [0.05, 0.1) is 10.9 Å². The van der Waals surface area contributed by atoms with Crippen LogP contribution in [-0.2, 0) is 23.0 Å². The molecule has 0 spiro atoms. The van der Waals surface area contributed by atoms with E-state index in [-0.39, 0.29) is 17.9 Å². The first kappa shape index (κ1) is 17.4. The number of hydrogen-bond acceptors (Lipinski definition) is 3. The summed E-state index contributed by atoms with van der Waals surface area (Å²) in [5.41, 5.74) is 2.40. The Kier molecular flexibility index (Phi) is 4.73. The molecule has 0 aliphatic heterocycles. The van der Waals surface area contributed by atoms with E-state index < -0.39 is 28.3 Å². The van der Waals surface area contributed by atoms with E-state index in [1.54, 1.807) is 12.1 Å². The van der Waals surface area contributed by atoms with Crippen LogP contribution in [0.15, 0.2) is 53.4 Å². The molecule has 8 heteroatoms. The minimum atomic E-state index is -3.74. The Bertz CT molecular complexity index is 884. The molecule has 25 heavy (non-hydrogen) atoms. The van der Waals surface area contributed by atoms with Crippen LogP contribution in [0, 0.1) is 0 Å². The van der Waals surface area contributed by atoms with Gasteiger partial charge in [0.15, 0.2) is 0 Å². The fourth-order valence-electron chi connectivity index (χ4n) is 2.89. The van der Waals surface area contributed by atoms with Crippen LogP contribution in [0.1, 0.15) is 22.7 Å². The summed E-state index contributed by atoms with van der Waals surface area (Å²) >= 11 is 0. The summed E-state index contributed by atoms with van der Waals surface area (Å²) in [6.45, 7) is 0.183. The van der Waals surface area contributed by atoms with Crippen molar-refractivity contribution in [1.29, 1.82) is 0 Å². The molecule has 1 aliphatic rings. The second-order valence-corrected chi connectivity index (χ2v) is 7.47. The van der Waals surface area contributed by atoms with Crippen LogP contribution in [0.25, 0.3) is 0 Å². The molecule has 2 aromatic carbocycles. The molecule has 0 unspecified atom stereocenters. The lowest BCUT2D eigenvalue weighted by Gasteiger charge is -2.17. The highest BCUT2D eigenvalue weighted by molar-refractivity contribution is 7.89. The van der Waals surface area contributed by atoms with E-state index in [4.69, 9.17) is 5.14 Å². The van der Waals surface area contributed by atoms with Crippen LogP contribution in [-0.4, -0.2) is 20.6 Å². The van der Waals surface area contributed by atoms with Crippen LogP contribution in [0.4, 0.5) is 9.18 Å². The van der Waals surface area contributed by atoms with Crippen molar-refractivity contribution in [3.8, 4) is 0 Å². The molecule has 2 amide bonds. The molecule has 0 aromatic heterocycles. The van der Waals surface area contributed by atoms with E-state index in [9.17, 15) is 17.6 Å². The zero-order chi connectivity index (χ0) is 18.0. The molecule has 2 aromatic rings. The summed E-state index contributed by atoms with van der Waals surface area (Å²) in [5.74, 6) is 0. The van der Waals surface area contributed by atoms with E-state index in [2.05, 4.69) is 10.6 Å². The highest BCUT2D eigenvalue weighted by Crippen LogP contribution is 2.33. The van der Waals surface area contributed by atoms with Crippen molar-refractivity contribution in [3.63, 3.8) is 0 Å². The van der Waals surface area contributed by atoms with Crippen molar-refractivity contribution in [2.24, 2.45) is 5.14 Å². The second kappa shape index (κ2) is 6.81. The normalized spacial score (nSPS) is 19.3.